The molecule has 0 radical (unpaired) electrons. The molecule has 1 saturated carbocycles. The van der Waals surface area contributed by atoms with Crippen molar-refractivity contribution in [1.82, 2.24) is 0 Å². The van der Waals surface area contributed by atoms with Crippen molar-refractivity contribution in [3.05, 3.63) is 29.8 Å². The quantitative estimate of drug-likeness (QED) is 0.914. The third kappa shape index (κ3) is 2.56. The van der Waals surface area contributed by atoms with Crippen LogP contribution in [0.15, 0.2) is 29.2 Å². The van der Waals surface area contributed by atoms with Crippen LogP contribution in [-0.2, 0) is 16.0 Å². The number of hydrogen-bond donors (Lipinski definition) is 1. The van der Waals surface area contributed by atoms with Crippen molar-refractivity contribution in [3.63, 3.8) is 0 Å². The smallest absolute Gasteiger partial charge is 0.393 e. The minimum absolute atomic E-state index is 0.177. The van der Waals surface area contributed by atoms with Crippen molar-refractivity contribution in [2.75, 3.05) is 0 Å². The maximum absolute atomic E-state index is 12.9. The second-order valence-corrected chi connectivity index (χ2v) is 7.22. The monoisotopic (exact) mass is 308 g/mol. The molecule has 1 aliphatic rings. The normalized spacial score (nSPS) is 27.8. The summed E-state index contributed by atoms with van der Waals surface area (Å²) in [6, 6.07) is 4.19. The Morgan fingerprint density at radius 2 is 1.80 bits per heavy atom. The van der Waals surface area contributed by atoms with Gasteiger partial charge in [-0.1, -0.05) is 19.1 Å². The summed E-state index contributed by atoms with van der Waals surface area (Å²) in [5.41, 5.74) is -1.14. The van der Waals surface area contributed by atoms with Crippen LogP contribution in [-0.4, -0.2) is 24.9 Å². The van der Waals surface area contributed by atoms with Crippen molar-refractivity contribution in [1.29, 1.82) is 0 Å². The van der Waals surface area contributed by atoms with Crippen LogP contribution in [0.1, 0.15) is 25.3 Å². The first-order valence-corrected chi connectivity index (χ1v) is 7.78. The van der Waals surface area contributed by atoms with E-state index in [2.05, 4.69) is 0 Å². The van der Waals surface area contributed by atoms with Crippen molar-refractivity contribution < 1.29 is 26.7 Å². The molecule has 3 atom stereocenters. The van der Waals surface area contributed by atoms with E-state index in [0.717, 1.165) is 18.2 Å². The summed E-state index contributed by atoms with van der Waals surface area (Å²) in [6.07, 6.45) is -5.03. The topological polar surface area (TPSA) is 54.4 Å². The highest BCUT2D eigenvalue weighted by atomic mass is 32.2. The molecule has 1 aromatic carbocycles. The molecule has 2 rings (SSSR count). The van der Waals surface area contributed by atoms with Crippen LogP contribution in [0, 0.1) is 5.92 Å². The highest BCUT2D eigenvalue weighted by Crippen LogP contribution is 2.39. The Balaban J connectivity index is 2.51. The van der Waals surface area contributed by atoms with Crippen molar-refractivity contribution in [2.24, 2.45) is 5.92 Å². The lowest BCUT2D eigenvalue weighted by atomic mass is 10.1. The van der Waals surface area contributed by atoms with Crippen LogP contribution in [0.2, 0.25) is 0 Å². The summed E-state index contributed by atoms with van der Waals surface area (Å²) in [5, 5.41) is 8.65. The van der Waals surface area contributed by atoms with Gasteiger partial charge in [0.05, 0.1) is 21.8 Å². The van der Waals surface area contributed by atoms with Crippen LogP contribution in [0.4, 0.5) is 13.2 Å². The predicted octanol–water partition coefficient (Wildman–Crippen LogP) is 2.64. The number of rotatable bonds is 2. The molecule has 1 N–H and O–H groups in total. The van der Waals surface area contributed by atoms with E-state index in [1.165, 1.54) is 6.07 Å². The van der Waals surface area contributed by atoms with Gasteiger partial charge in [-0.25, -0.2) is 8.42 Å². The van der Waals surface area contributed by atoms with E-state index in [1.54, 1.807) is 6.92 Å². The second kappa shape index (κ2) is 5.04. The standard InChI is InChI=1S/C13H15F3O3S/c1-8-10(17)6-7-11(8)20(18,19)12-5-3-2-4-9(12)13(14,15)16/h2-5,8,10-11,17H,6-7H2,1H3. The van der Waals surface area contributed by atoms with E-state index in [4.69, 9.17) is 0 Å². The summed E-state index contributed by atoms with van der Waals surface area (Å²) in [5.74, 6) is -0.568. The van der Waals surface area contributed by atoms with Gasteiger partial charge in [0, 0.05) is 0 Å². The Hall–Kier alpha value is -1.08. The minimum atomic E-state index is -4.72. The van der Waals surface area contributed by atoms with Gasteiger partial charge in [-0.15, -0.1) is 0 Å². The molecule has 0 spiro atoms. The summed E-state index contributed by atoms with van der Waals surface area (Å²) in [4.78, 5) is -0.696. The fraction of sp³-hybridized carbons (Fsp3) is 0.538. The van der Waals surface area contributed by atoms with E-state index in [-0.39, 0.29) is 6.42 Å². The number of alkyl halides is 3. The molecule has 0 amide bonds. The molecule has 112 valence electrons. The molecular weight excluding hydrogens is 293 g/mol. The summed E-state index contributed by atoms with van der Waals surface area (Å²) in [7, 11) is -4.11. The van der Waals surface area contributed by atoms with Gasteiger partial charge in [0.1, 0.15) is 0 Å². The number of halogens is 3. The largest absolute Gasteiger partial charge is 0.417 e. The van der Waals surface area contributed by atoms with Crippen LogP contribution < -0.4 is 0 Å². The highest BCUT2D eigenvalue weighted by molar-refractivity contribution is 7.92. The van der Waals surface area contributed by atoms with Gasteiger partial charge in [0.25, 0.3) is 0 Å². The first kappa shape index (κ1) is 15.3. The van der Waals surface area contributed by atoms with Gasteiger partial charge in [0.15, 0.2) is 9.84 Å². The van der Waals surface area contributed by atoms with Gasteiger partial charge in [-0.05, 0) is 30.9 Å². The molecule has 3 nitrogen and oxygen atoms in total. The molecule has 0 saturated heterocycles. The molecular formula is C13H15F3O3S. The average molecular weight is 308 g/mol. The number of sulfone groups is 1. The Labute approximate surface area is 115 Å². The van der Waals surface area contributed by atoms with Crippen LogP contribution in [0.5, 0.6) is 0 Å². The Bertz CT molecular complexity index is 595. The summed E-state index contributed by atoms with van der Waals surface area (Å²) >= 11 is 0. The number of benzene rings is 1. The summed E-state index contributed by atoms with van der Waals surface area (Å²) < 4.78 is 63.7. The van der Waals surface area contributed by atoms with E-state index >= 15 is 0 Å². The van der Waals surface area contributed by atoms with Crippen molar-refractivity contribution >= 4 is 9.84 Å². The van der Waals surface area contributed by atoms with E-state index < -0.39 is 43.7 Å². The van der Waals surface area contributed by atoms with E-state index in [1.807, 2.05) is 0 Å². The maximum atomic E-state index is 12.9. The molecule has 0 bridgehead atoms. The van der Waals surface area contributed by atoms with Crippen molar-refractivity contribution in [2.45, 2.75) is 42.2 Å². The zero-order valence-corrected chi connectivity index (χ0v) is 11.6. The first-order valence-electron chi connectivity index (χ1n) is 6.24. The van der Waals surface area contributed by atoms with Gasteiger partial charge < -0.3 is 5.11 Å². The average Bonchev–Trinajstić information content (AvgIpc) is 2.69. The minimum Gasteiger partial charge on any atom is -0.393 e. The molecule has 20 heavy (non-hydrogen) atoms. The van der Waals surface area contributed by atoms with Gasteiger partial charge in [-0.3, -0.25) is 0 Å². The van der Waals surface area contributed by atoms with Gasteiger partial charge in [0.2, 0.25) is 0 Å². The fourth-order valence-corrected chi connectivity index (χ4v) is 4.94. The lowest BCUT2D eigenvalue weighted by Gasteiger charge is -2.20. The van der Waals surface area contributed by atoms with Crippen LogP contribution in [0.3, 0.4) is 0 Å². The molecule has 0 aromatic heterocycles. The second-order valence-electron chi connectivity index (χ2n) is 5.08. The zero-order chi connectivity index (χ0) is 15.1. The lowest BCUT2D eigenvalue weighted by molar-refractivity contribution is -0.139. The first-order chi connectivity index (χ1) is 9.15. The molecule has 1 aliphatic carbocycles. The zero-order valence-electron chi connectivity index (χ0n) is 10.8. The molecule has 3 unspecified atom stereocenters. The highest BCUT2D eigenvalue weighted by Gasteiger charge is 2.44. The van der Waals surface area contributed by atoms with E-state index in [9.17, 15) is 26.7 Å². The fourth-order valence-electron chi connectivity index (χ4n) is 2.66. The van der Waals surface area contributed by atoms with Gasteiger partial charge >= 0.3 is 6.18 Å². The Morgan fingerprint density at radius 3 is 2.30 bits per heavy atom. The molecule has 7 heteroatoms. The molecule has 1 fully saturated rings. The molecule has 0 aliphatic heterocycles. The third-order valence-electron chi connectivity index (χ3n) is 3.84. The number of hydrogen-bond acceptors (Lipinski definition) is 3. The van der Waals surface area contributed by atoms with E-state index in [0.29, 0.717) is 6.42 Å². The number of aliphatic hydroxyl groups excluding tert-OH is 1. The van der Waals surface area contributed by atoms with Gasteiger partial charge in [-0.2, -0.15) is 13.2 Å². The Kier molecular flexibility index (Phi) is 3.85. The lowest BCUT2D eigenvalue weighted by Crippen LogP contribution is -2.29. The summed E-state index contributed by atoms with van der Waals surface area (Å²) in [6.45, 7) is 1.55. The molecule has 0 heterocycles. The van der Waals surface area contributed by atoms with Crippen molar-refractivity contribution in [3.8, 4) is 0 Å². The maximum Gasteiger partial charge on any atom is 0.417 e. The third-order valence-corrected chi connectivity index (χ3v) is 6.27. The molecule has 1 aromatic rings. The van der Waals surface area contributed by atoms with Crippen LogP contribution in [0.25, 0.3) is 0 Å². The van der Waals surface area contributed by atoms with Crippen LogP contribution >= 0.6 is 0 Å². The predicted molar refractivity (Wildman–Crippen MR) is 66.8 cm³/mol. The number of aliphatic hydroxyl groups is 1. The Morgan fingerprint density at radius 1 is 1.20 bits per heavy atom. The SMILES string of the molecule is CC1C(O)CCC1S(=O)(=O)c1ccccc1C(F)(F)F.